The van der Waals surface area contributed by atoms with Crippen LogP contribution in [0, 0.1) is 0 Å². The molecule has 11 heavy (non-hydrogen) atoms. The van der Waals surface area contributed by atoms with Gasteiger partial charge in [-0.25, -0.2) is 4.79 Å². The summed E-state index contributed by atoms with van der Waals surface area (Å²) in [5.41, 5.74) is 0.786. The van der Waals surface area contributed by atoms with Crippen LogP contribution >= 0.6 is 0 Å². The number of allylic oxidation sites excluding steroid dienone is 3. The highest BCUT2D eigenvalue weighted by Gasteiger charge is 1.97. The number of carbonyl (C=O) groups is 1. The first kappa shape index (κ1) is 9.62. The molecule has 3 nitrogen and oxygen atoms in total. The van der Waals surface area contributed by atoms with Gasteiger partial charge in [-0.15, -0.1) is 0 Å². The zero-order valence-electron chi connectivity index (χ0n) is 6.42. The van der Waals surface area contributed by atoms with Gasteiger partial charge in [0.15, 0.2) is 0 Å². The van der Waals surface area contributed by atoms with Crippen LogP contribution in [0.25, 0.3) is 0 Å². The summed E-state index contributed by atoms with van der Waals surface area (Å²) in [7, 11) is 0. The molecule has 0 aromatic carbocycles. The molecule has 0 unspecified atom stereocenters. The maximum Gasteiger partial charge on any atom is 0.331 e. The Morgan fingerprint density at radius 2 is 2.00 bits per heavy atom. The van der Waals surface area contributed by atoms with Crippen molar-refractivity contribution in [1.29, 1.82) is 0 Å². The van der Waals surface area contributed by atoms with Gasteiger partial charge in [0.1, 0.15) is 0 Å². The molecule has 59 valence electrons. The molecule has 1 radical (unpaired) electrons. The van der Waals surface area contributed by atoms with Gasteiger partial charge in [-0.2, -0.15) is 0 Å². The summed E-state index contributed by atoms with van der Waals surface area (Å²) in [4.78, 5) is 20.0. The largest absolute Gasteiger partial charge is 0.478 e. The van der Waals surface area contributed by atoms with Gasteiger partial charge in [0.05, 0.1) is 0 Å². The van der Waals surface area contributed by atoms with Crippen LogP contribution < -0.4 is 0 Å². The maximum atomic E-state index is 10.2. The minimum Gasteiger partial charge on any atom is -0.478 e. The fourth-order valence-corrected chi connectivity index (χ4v) is 0.538. The van der Waals surface area contributed by atoms with E-state index in [1.54, 1.807) is 13.2 Å². The number of carbonyl (C=O) groups excluding carboxylic acids is 1. The van der Waals surface area contributed by atoms with E-state index in [0.29, 0.717) is 5.57 Å². The Hall–Kier alpha value is -1.38. The molecule has 0 spiro atoms. The van der Waals surface area contributed by atoms with Crippen molar-refractivity contribution in [2.45, 2.75) is 13.8 Å². The molecule has 0 rings (SSSR count). The Labute approximate surface area is 65.0 Å². The lowest BCUT2D eigenvalue weighted by Crippen LogP contribution is -1.95. The topological polar surface area (TPSA) is 54.4 Å². The average Bonchev–Trinajstić information content (AvgIpc) is 1.87. The van der Waals surface area contributed by atoms with E-state index < -0.39 is 5.97 Å². The van der Waals surface area contributed by atoms with Gasteiger partial charge in [-0.05, 0) is 31.6 Å². The molecule has 0 heterocycles. The molecule has 0 bridgehead atoms. The fraction of sp³-hybridized carbons (Fsp3) is 0.250. The van der Waals surface area contributed by atoms with Crippen LogP contribution in [0.3, 0.4) is 0 Å². The second-order valence-electron chi connectivity index (χ2n) is 2.14. The molecule has 3 heteroatoms. The van der Waals surface area contributed by atoms with Crippen molar-refractivity contribution >= 4 is 12.3 Å². The summed E-state index contributed by atoms with van der Waals surface area (Å²) in [6.07, 6.45) is 4.16. The van der Waals surface area contributed by atoms with E-state index in [-0.39, 0.29) is 5.57 Å². The summed E-state index contributed by atoms with van der Waals surface area (Å²) in [6, 6.07) is 0. The third-order valence-electron chi connectivity index (χ3n) is 1.07. The highest BCUT2D eigenvalue weighted by Crippen LogP contribution is 2.00. The van der Waals surface area contributed by atoms with Crippen molar-refractivity contribution in [2.75, 3.05) is 0 Å². The molecular formula is C8H9O3. The maximum absolute atomic E-state index is 10.2. The van der Waals surface area contributed by atoms with Crippen molar-refractivity contribution in [3.05, 3.63) is 23.3 Å². The second kappa shape index (κ2) is 4.44. The van der Waals surface area contributed by atoms with Gasteiger partial charge in [0.2, 0.25) is 6.29 Å². The first-order valence-electron chi connectivity index (χ1n) is 3.04. The van der Waals surface area contributed by atoms with E-state index in [1.807, 2.05) is 0 Å². The van der Waals surface area contributed by atoms with Crippen molar-refractivity contribution in [3.8, 4) is 0 Å². The zero-order chi connectivity index (χ0) is 8.85. The van der Waals surface area contributed by atoms with Crippen LogP contribution in [0.2, 0.25) is 0 Å². The monoisotopic (exact) mass is 153 g/mol. The summed E-state index contributed by atoms with van der Waals surface area (Å²) < 4.78 is 0. The van der Waals surface area contributed by atoms with Crippen molar-refractivity contribution in [1.82, 2.24) is 0 Å². The minimum absolute atomic E-state index is 0.203. The lowest BCUT2D eigenvalue weighted by Gasteiger charge is -1.91. The standard InChI is InChI=1S/C8H9O3/c1-6(3-4-9)5-7(2)8(10)11/h3,5H,1-2H3,(H,10,11). The predicted octanol–water partition coefficient (Wildman–Crippen LogP) is 1.07. The van der Waals surface area contributed by atoms with Crippen LogP contribution in [0.15, 0.2) is 23.3 Å². The molecule has 0 atom stereocenters. The Morgan fingerprint density at radius 3 is 2.36 bits per heavy atom. The summed E-state index contributed by atoms with van der Waals surface area (Å²) in [6.45, 7) is 3.10. The third kappa shape index (κ3) is 4.08. The van der Waals surface area contributed by atoms with Gasteiger partial charge in [0.25, 0.3) is 0 Å². The number of rotatable bonds is 3. The lowest BCUT2D eigenvalue weighted by atomic mass is 10.2. The minimum atomic E-state index is -0.983. The first-order chi connectivity index (χ1) is 5.07. The zero-order valence-corrected chi connectivity index (χ0v) is 6.42. The van der Waals surface area contributed by atoms with Crippen molar-refractivity contribution in [2.24, 2.45) is 0 Å². The third-order valence-corrected chi connectivity index (χ3v) is 1.07. The highest BCUT2D eigenvalue weighted by molar-refractivity contribution is 5.86. The van der Waals surface area contributed by atoms with Gasteiger partial charge < -0.3 is 5.11 Å². The van der Waals surface area contributed by atoms with E-state index >= 15 is 0 Å². The van der Waals surface area contributed by atoms with Crippen LogP contribution in [-0.4, -0.2) is 17.4 Å². The van der Waals surface area contributed by atoms with Crippen molar-refractivity contribution < 1.29 is 14.7 Å². The summed E-state index contributed by atoms with van der Waals surface area (Å²) >= 11 is 0. The molecular weight excluding hydrogens is 144 g/mol. The second-order valence-corrected chi connectivity index (χ2v) is 2.14. The number of hydrogen-bond acceptors (Lipinski definition) is 2. The van der Waals surface area contributed by atoms with Crippen molar-refractivity contribution in [3.63, 3.8) is 0 Å². The molecule has 0 aliphatic carbocycles. The molecule has 0 fully saturated rings. The predicted molar refractivity (Wildman–Crippen MR) is 40.8 cm³/mol. The number of carboxylic acids is 1. The van der Waals surface area contributed by atoms with Crippen LogP contribution in [-0.2, 0) is 9.59 Å². The molecule has 0 saturated carbocycles. The highest BCUT2D eigenvalue weighted by atomic mass is 16.4. The molecule has 0 aromatic heterocycles. The van der Waals surface area contributed by atoms with E-state index in [9.17, 15) is 9.59 Å². The summed E-state index contributed by atoms with van der Waals surface area (Å²) in [5.74, 6) is -0.983. The summed E-state index contributed by atoms with van der Waals surface area (Å²) in [5, 5.41) is 8.41. The Kier molecular flexibility index (Phi) is 3.88. The van der Waals surface area contributed by atoms with Gasteiger partial charge in [0, 0.05) is 5.57 Å². The van der Waals surface area contributed by atoms with E-state index in [4.69, 9.17) is 5.11 Å². The number of carboxylic acid groups (broad SMARTS) is 1. The molecule has 1 N–H and O–H groups in total. The Morgan fingerprint density at radius 1 is 1.45 bits per heavy atom. The smallest absolute Gasteiger partial charge is 0.331 e. The Bertz CT molecular complexity index is 223. The molecule has 0 amide bonds. The number of hydrogen-bond donors (Lipinski definition) is 1. The van der Waals surface area contributed by atoms with Crippen LogP contribution in [0.5, 0.6) is 0 Å². The Balaban J connectivity index is 4.42. The molecule has 0 aromatic rings. The average molecular weight is 153 g/mol. The van der Waals surface area contributed by atoms with Gasteiger partial charge in [-0.1, -0.05) is 0 Å². The molecule has 0 saturated heterocycles. The quantitative estimate of drug-likeness (QED) is 0.487. The molecule has 0 aliphatic heterocycles. The van der Waals surface area contributed by atoms with Gasteiger partial charge >= 0.3 is 5.97 Å². The van der Waals surface area contributed by atoms with Crippen LogP contribution in [0.4, 0.5) is 0 Å². The first-order valence-corrected chi connectivity index (χ1v) is 3.04. The molecule has 0 aliphatic rings. The van der Waals surface area contributed by atoms with E-state index in [1.165, 1.54) is 19.1 Å². The lowest BCUT2D eigenvalue weighted by molar-refractivity contribution is -0.132. The van der Waals surface area contributed by atoms with Crippen LogP contribution in [0.1, 0.15) is 13.8 Å². The van der Waals surface area contributed by atoms with Gasteiger partial charge in [-0.3, -0.25) is 4.79 Å². The number of aliphatic carboxylic acids is 1. The van der Waals surface area contributed by atoms with E-state index in [0.717, 1.165) is 0 Å². The fourth-order valence-electron chi connectivity index (χ4n) is 0.538. The SMILES string of the molecule is CC(=C[C]=O)C=C(C)C(=O)O. The normalized spacial score (nSPS) is 12.9. The van der Waals surface area contributed by atoms with E-state index in [2.05, 4.69) is 0 Å².